The molecule has 29 heavy (non-hydrogen) atoms. The molecule has 2 aromatic carbocycles. The van der Waals surface area contributed by atoms with Gasteiger partial charge in [0, 0.05) is 48.8 Å². The molecular weight excluding hydrogens is 397 g/mol. The summed E-state index contributed by atoms with van der Waals surface area (Å²) >= 11 is 6.35. The number of nitrogens with one attached hydrogen (secondary N) is 2. The van der Waals surface area contributed by atoms with Gasteiger partial charge in [0.1, 0.15) is 5.82 Å². The van der Waals surface area contributed by atoms with E-state index in [4.69, 9.17) is 11.6 Å². The van der Waals surface area contributed by atoms with Crippen LogP contribution in [0.1, 0.15) is 10.4 Å². The highest BCUT2D eigenvalue weighted by Crippen LogP contribution is 2.31. The number of likely N-dealkylation sites (tertiary alicyclic amines) is 1. The second-order valence-corrected chi connectivity index (χ2v) is 7.64. The van der Waals surface area contributed by atoms with E-state index in [1.165, 1.54) is 12.1 Å². The van der Waals surface area contributed by atoms with Crippen molar-refractivity contribution in [2.45, 2.75) is 12.2 Å². The molecule has 152 valence electrons. The second-order valence-electron chi connectivity index (χ2n) is 7.24. The summed E-state index contributed by atoms with van der Waals surface area (Å²) in [6.45, 7) is 1.69. The van der Waals surface area contributed by atoms with Crippen LogP contribution < -0.4 is 5.32 Å². The Labute approximate surface area is 171 Å². The molecule has 0 saturated carbocycles. The maximum absolute atomic E-state index is 13.4. The molecule has 0 radical (unpaired) electrons. The Morgan fingerprint density at radius 2 is 1.97 bits per heavy atom. The van der Waals surface area contributed by atoms with E-state index in [0.717, 1.165) is 16.5 Å². The molecule has 1 amide bonds. The zero-order valence-corrected chi connectivity index (χ0v) is 16.3. The number of hydrogen-bond donors (Lipinski definition) is 4. The largest absolute Gasteiger partial charge is 0.389 e. The third kappa shape index (κ3) is 4.13. The van der Waals surface area contributed by atoms with E-state index in [1.807, 2.05) is 4.90 Å². The zero-order valence-electron chi connectivity index (χ0n) is 15.5. The number of halogens is 2. The summed E-state index contributed by atoms with van der Waals surface area (Å²) in [6.07, 6.45) is 0.302. The third-order valence-corrected chi connectivity index (χ3v) is 5.53. The van der Waals surface area contributed by atoms with Crippen molar-refractivity contribution in [1.29, 1.82) is 0 Å². The van der Waals surface area contributed by atoms with Crippen LogP contribution in [-0.2, 0) is 0 Å². The number of carbonyl (C=O) groups is 1. The normalized spacial score (nSPS) is 19.7. The molecule has 8 heteroatoms. The summed E-state index contributed by atoms with van der Waals surface area (Å²) in [5.41, 5.74) is 2.75. The predicted molar refractivity (Wildman–Crippen MR) is 109 cm³/mol. The van der Waals surface area contributed by atoms with Crippen molar-refractivity contribution in [3.63, 3.8) is 0 Å². The molecule has 1 aliphatic heterocycles. The van der Waals surface area contributed by atoms with Crippen LogP contribution in [-0.4, -0.2) is 64.4 Å². The van der Waals surface area contributed by atoms with Gasteiger partial charge in [-0.1, -0.05) is 17.7 Å². The number of aliphatic hydroxyl groups is 2. The maximum atomic E-state index is 13.4. The van der Waals surface area contributed by atoms with Crippen LogP contribution in [0.3, 0.4) is 0 Å². The summed E-state index contributed by atoms with van der Waals surface area (Å²) in [5, 5.41) is 23.1. The number of β-amino-alcohol motifs (C(OH)–C–C–N with tert-alkyl or cyclic N) is 2. The van der Waals surface area contributed by atoms with Crippen molar-refractivity contribution in [2.24, 2.45) is 0 Å². The average Bonchev–Trinajstić information content (AvgIpc) is 3.24. The van der Waals surface area contributed by atoms with Gasteiger partial charge in [-0.3, -0.25) is 9.69 Å². The molecule has 0 unspecified atom stereocenters. The lowest BCUT2D eigenvalue weighted by Gasteiger charge is -2.15. The first-order chi connectivity index (χ1) is 13.9. The van der Waals surface area contributed by atoms with Gasteiger partial charge in [-0.15, -0.1) is 0 Å². The molecule has 1 aromatic heterocycles. The summed E-state index contributed by atoms with van der Waals surface area (Å²) < 4.78 is 13.4. The van der Waals surface area contributed by atoms with Gasteiger partial charge < -0.3 is 20.5 Å². The molecule has 4 N–H and O–H groups in total. The van der Waals surface area contributed by atoms with Crippen LogP contribution in [0.15, 0.2) is 42.6 Å². The fourth-order valence-corrected chi connectivity index (χ4v) is 3.92. The summed E-state index contributed by atoms with van der Waals surface area (Å²) in [7, 11) is 0. The van der Waals surface area contributed by atoms with E-state index in [2.05, 4.69) is 10.3 Å². The van der Waals surface area contributed by atoms with Crippen molar-refractivity contribution in [2.75, 3.05) is 26.2 Å². The van der Waals surface area contributed by atoms with Gasteiger partial charge in [0.2, 0.25) is 0 Å². The molecule has 4 rings (SSSR count). The highest BCUT2D eigenvalue weighted by Gasteiger charge is 2.29. The highest BCUT2D eigenvalue weighted by atomic mass is 35.5. The van der Waals surface area contributed by atoms with Crippen LogP contribution in [0.4, 0.5) is 4.39 Å². The molecule has 0 spiro atoms. The van der Waals surface area contributed by atoms with Crippen LogP contribution in [0.2, 0.25) is 5.02 Å². The SMILES string of the molecule is O=C(NCCN1C[C@@H](O)[C@H](O)C1)c1ccc(-c2c[nH]c3cc(F)ccc23)cc1Cl. The lowest BCUT2D eigenvalue weighted by Crippen LogP contribution is -2.34. The van der Waals surface area contributed by atoms with Crippen molar-refractivity contribution in [3.05, 3.63) is 59.0 Å². The van der Waals surface area contributed by atoms with E-state index >= 15 is 0 Å². The summed E-state index contributed by atoms with van der Waals surface area (Å²) in [5.74, 6) is -0.600. The standard InChI is InChI=1S/C21H21ClFN3O3/c22-17-7-12(16-9-25-18-8-13(23)2-4-14(16)18)1-3-15(17)21(29)24-5-6-26-10-19(27)20(28)11-26/h1-4,7-9,19-20,25,27-28H,5-6,10-11H2,(H,24,29)/t19-,20-/m1/s1. The maximum Gasteiger partial charge on any atom is 0.252 e. The van der Waals surface area contributed by atoms with Crippen LogP contribution >= 0.6 is 11.6 Å². The smallest absolute Gasteiger partial charge is 0.252 e. The number of nitrogens with zero attached hydrogens (tertiary/aromatic N) is 1. The van der Waals surface area contributed by atoms with E-state index in [1.54, 1.807) is 30.5 Å². The van der Waals surface area contributed by atoms with Gasteiger partial charge in [0.05, 0.1) is 22.8 Å². The van der Waals surface area contributed by atoms with Gasteiger partial charge >= 0.3 is 0 Å². The van der Waals surface area contributed by atoms with Crippen LogP contribution in [0, 0.1) is 5.82 Å². The number of benzene rings is 2. The number of hydrogen-bond acceptors (Lipinski definition) is 4. The molecule has 0 bridgehead atoms. The molecule has 1 aliphatic rings. The number of carbonyl (C=O) groups excluding carboxylic acids is 1. The van der Waals surface area contributed by atoms with Gasteiger partial charge in [-0.2, -0.15) is 0 Å². The van der Waals surface area contributed by atoms with Crippen molar-refractivity contribution in [3.8, 4) is 11.1 Å². The minimum atomic E-state index is -0.742. The number of amides is 1. The average molecular weight is 418 g/mol. The third-order valence-electron chi connectivity index (χ3n) is 5.22. The predicted octanol–water partition coefficient (Wildman–Crippen LogP) is 2.39. The minimum Gasteiger partial charge on any atom is -0.389 e. The summed E-state index contributed by atoms with van der Waals surface area (Å²) in [6, 6.07) is 9.73. The fraction of sp³-hybridized carbons (Fsp3) is 0.286. The number of fused-ring (bicyclic) bond motifs is 1. The van der Waals surface area contributed by atoms with E-state index in [9.17, 15) is 19.4 Å². The zero-order chi connectivity index (χ0) is 20.5. The van der Waals surface area contributed by atoms with Crippen LogP contribution in [0.25, 0.3) is 22.0 Å². The Morgan fingerprint density at radius 3 is 2.69 bits per heavy atom. The monoisotopic (exact) mass is 417 g/mol. The Balaban J connectivity index is 1.43. The van der Waals surface area contributed by atoms with E-state index in [0.29, 0.717) is 42.3 Å². The molecule has 1 saturated heterocycles. The summed E-state index contributed by atoms with van der Waals surface area (Å²) in [4.78, 5) is 17.4. The Morgan fingerprint density at radius 1 is 1.21 bits per heavy atom. The number of aromatic amines is 1. The first kappa shape index (κ1) is 19.8. The Hall–Kier alpha value is -2.45. The molecular formula is C21H21ClFN3O3. The molecule has 1 fully saturated rings. The number of rotatable bonds is 5. The van der Waals surface area contributed by atoms with Crippen LogP contribution in [0.5, 0.6) is 0 Å². The first-order valence-electron chi connectivity index (χ1n) is 9.35. The molecule has 0 aliphatic carbocycles. The van der Waals surface area contributed by atoms with Gasteiger partial charge in [-0.05, 0) is 35.9 Å². The van der Waals surface area contributed by atoms with Gasteiger partial charge in [0.25, 0.3) is 5.91 Å². The lowest BCUT2D eigenvalue weighted by molar-refractivity contribution is 0.0572. The minimum absolute atomic E-state index is 0.289. The van der Waals surface area contributed by atoms with Crippen molar-refractivity contribution in [1.82, 2.24) is 15.2 Å². The van der Waals surface area contributed by atoms with Gasteiger partial charge in [0.15, 0.2) is 0 Å². The first-order valence-corrected chi connectivity index (χ1v) is 9.73. The van der Waals surface area contributed by atoms with Crippen molar-refractivity contribution < 1.29 is 19.4 Å². The molecule has 3 aromatic rings. The Kier molecular flexibility index (Phi) is 5.56. The van der Waals surface area contributed by atoms with Gasteiger partial charge in [-0.25, -0.2) is 4.39 Å². The Bertz CT molecular complexity index is 1040. The fourth-order valence-electron chi connectivity index (χ4n) is 3.66. The highest BCUT2D eigenvalue weighted by molar-refractivity contribution is 6.34. The topological polar surface area (TPSA) is 88.6 Å². The molecule has 2 atom stereocenters. The number of H-pyrrole nitrogens is 1. The second kappa shape index (κ2) is 8.12. The van der Waals surface area contributed by atoms with E-state index in [-0.39, 0.29) is 11.7 Å². The number of aromatic nitrogens is 1. The lowest BCUT2D eigenvalue weighted by atomic mass is 10.0. The number of aliphatic hydroxyl groups excluding tert-OH is 2. The quantitative estimate of drug-likeness (QED) is 0.513. The van der Waals surface area contributed by atoms with Crippen molar-refractivity contribution >= 4 is 28.4 Å². The molecule has 2 heterocycles. The van der Waals surface area contributed by atoms with E-state index < -0.39 is 12.2 Å². The molecule has 6 nitrogen and oxygen atoms in total.